The molecule has 0 aliphatic carbocycles. The molecule has 1 aliphatic heterocycles. The van der Waals surface area contributed by atoms with Crippen molar-refractivity contribution >= 4 is 23.2 Å². The molecule has 0 radical (unpaired) electrons. The molecule has 114 valence electrons. The lowest BCUT2D eigenvalue weighted by atomic mass is 10.1. The Labute approximate surface area is 124 Å². The summed E-state index contributed by atoms with van der Waals surface area (Å²) in [6.45, 7) is 2.01. The number of nitrogens with two attached hydrogens (primary N) is 1. The summed E-state index contributed by atoms with van der Waals surface area (Å²) in [6.07, 6.45) is 3.78. The molecule has 21 heavy (non-hydrogen) atoms. The van der Waals surface area contributed by atoms with Gasteiger partial charge in [0, 0.05) is 24.5 Å². The Bertz CT molecular complexity index is 481. The number of nitrogens with one attached hydrogen (secondary N) is 2. The summed E-state index contributed by atoms with van der Waals surface area (Å²) in [7, 11) is 0. The number of carbonyl (C=O) groups is 2. The van der Waals surface area contributed by atoms with E-state index in [2.05, 4.69) is 15.5 Å². The van der Waals surface area contributed by atoms with E-state index in [1.807, 2.05) is 24.3 Å². The molecule has 1 heterocycles. The molecule has 0 atom stereocenters. The fraction of sp³-hybridized carbons (Fsp3) is 0.467. The van der Waals surface area contributed by atoms with Crippen molar-refractivity contribution in [2.45, 2.75) is 19.3 Å². The second-order valence-corrected chi connectivity index (χ2v) is 5.12. The summed E-state index contributed by atoms with van der Waals surface area (Å²) in [5.41, 5.74) is 7.06. The van der Waals surface area contributed by atoms with Crippen molar-refractivity contribution < 1.29 is 9.59 Å². The number of anilines is 2. The highest BCUT2D eigenvalue weighted by Gasteiger charge is 2.11. The first-order chi connectivity index (χ1) is 10.2. The highest BCUT2D eigenvalue weighted by molar-refractivity contribution is 5.94. The third-order valence-corrected chi connectivity index (χ3v) is 3.50. The predicted octanol–water partition coefficient (Wildman–Crippen LogP) is 0.690. The number of benzene rings is 1. The second kappa shape index (κ2) is 7.64. The van der Waals surface area contributed by atoms with Gasteiger partial charge >= 0.3 is 0 Å². The first-order valence-electron chi connectivity index (χ1n) is 7.30. The molecule has 6 heteroatoms. The third kappa shape index (κ3) is 4.75. The number of nitrogens with zero attached hydrogens (tertiary/aromatic N) is 1. The quantitative estimate of drug-likeness (QED) is 0.744. The summed E-state index contributed by atoms with van der Waals surface area (Å²) in [4.78, 5) is 25.0. The summed E-state index contributed by atoms with van der Waals surface area (Å²) < 4.78 is 0. The van der Waals surface area contributed by atoms with Gasteiger partial charge in [0.15, 0.2) is 0 Å². The van der Waals surface area contributed by atoms with Gasteiger partial charge in [0.05, 0.1) is 13.1 Å². The first-order valence-corrected chi connectivity index (χ1v) is 7.30. The topological polar surface area (TPSA) is 87.5 Å². The highest BCUT2D eigenvalue weighted by Crippen LogP contribution is 2.21. The normalized spacial score (nSPS) is 14.6. The maximum Gasteiger partial charge on any atom is 0.243 e. The van der Waals surface area contributed by atoms with E-state index in [0.717, 1.165) is 18.8 Å². The fourth-order valence-electron chi connectivity index (χ4n) is 2.36. The van der Waals surface area contributed by atoms with Crippen LogP contribution in [-0.4, -0.2) is 38.0 Å². The van der Waals surface area contributed by atoms with Crippen LogP contribution in [0, 0.1) is 0 Å². The van der Waals surface area contributed by atoms with Crippen LogP contribution in [0.1, 0.15) is 19.3 Å². The van der Waals surface area contributed by atoms with Crippen molar-refractivity contribution in [2.24, 2.45) is 5.73 Å². The van der Waals surface area contributed by atoms with Gasteiger partial charge in [0.1, 0.15) is 0 Å². The number of amides is 2. The number of piperidine rings is 1. The average molecular weight is 290 g/mol. The van der Waals surface area contributed by atoms with Gasteiger partial charge in [-0.05, 0) is 43.5 Å². The van der Waals surface area contributed by atoms with Gasteiger partial charge in [0.25, 0.3) is 0 Å². The zero-order chi connectivity index (χ0) is 15.1. The standard InChI is InChI=1S/C15H22N4O2/c16-10-14(20)17-11-15(21)18-12-4-6-13(7-5-12)19-8-2-1-3-9-19/h4-7H,1-3,8-11,16H2,(H,17,20)(H,18,21). The molecule has 1 aliphatic rings. The van der Waals surface area contributed by atoms with E-state index >= 15 is 0 Å². The van der Waals surface area contributed by atoms with Gasteiger partial charge in [-0.25, -0.2) is 0 Å². The highest BCUT2D eigenvalue weighted by atomic mass is 16.2. The van der Waals surface area contributed by atoms with Crippen LogP contribution in [0.5, 0.6) is 0 Å². The van der Waals surface area contributed by atoms with E-state index in [1.54, 1.807) is 0 Å². The maximum absolute atomic E-state index is 11.6. The molecule has 0 unspecified atom stereocenters. The van der Waals surface area contributed by atoms with Crippen LogP contribution >= 0.6 is 0 Å². The molecule has 4 N–H and O–H groups in total. The molecule has 1 saturated heterocycles. The Morgan fingerprint density at radius 1 is 1.05 bits per heavy atom. The molecule has 0 saturated carbocycles. The predicted molar refractivity (Wildman–Crippen MR) is 83.2 cm³/mol. The summed E-state index contributed by atoms with van der Waals surface area (Å²) in [5.74, 6) is -0.604. The molecule has 0 spiro atoms. The minimum absolute atomic E-state index is 0.0656. The van der Waals surface area contributed by atoms with Crippen molar-refractivity contribution in [1.82, 2.24) is 5.32 Å². The Morgan fingerprint density at radius 3 is 2.33 bits per heavy atom. The van der Waals surface area contributed by atoms with Crippen LogP contribution in [-0.2, 0) is 9.59 Å². The molecule has 2 rings (SSSR count). The first kappa shape index (κ1) is 15.3. The number of rotatable bonds is 5. The molecule has 0 aromatic heterocycles. The van der Waals surface area contributed by atoms with Crippen molar-refractivity contribution in [2.75, 3.05) is 36.4 Å². The lowest BCUT2D eigenvalue weighted by molar-refractivity contribution is -0.123. The van der Waals surface area contributed by atoms with Gasteiger partial charge in [-0.2, -0.15) is 0 Å². The van der Waals surface area contributed by atoms with E-state index in [1.165, 1.54) is 24.9 Å². The van der Waals surface area contributed by atoms with Crippen LogP contribution in [0.3, 0.4) is 0 Å². The van der Waals surface area contributed by atoms with Crippen LogP contribution in [0.2, 0.25) is 0 Å². The van der Waals surface area contributed by atoms with E-state index in [-0.39, 0.29) is 24.9 Å². The Morgan fingerprint density at radius 2 is 1.71 bits per heavy atom. The zero-order valence-electron chi connectivity index (χ0n) is 12.1. The minimum Gasteiger partial charge on any atom is -0.372 e. The van der Waals surface area contributed by atoms with Gasteiger partial charge < -0.3 is 21.3 Å². The van der Waals surface area contributed by atoms with E-state index in [0.29, 0.717) is 0 Å². The van der Waals surface area contributed by atoms with Crippen LogP contribution in [0.4, 0.5) is 11.4 Å². The van der Waals surface area contributed by atoms with Crippen molar-refractivity contribution in [3.63, 3.8) is 0 Å². The van der Waals surface area contributed by atoms with Crippen LogP contribution in [0.15, 0.2) is 24.3 Å². The summed E-state index contributed by atoms with van der Waals surface area (Å²) in [5, 5.41) is 5.17. The largest absolute Gasteiger partial charge is 0.372 e. The van der Waals surface area contributed by atoms with Crippen molar-refractivity contribution in [3.05, 3.63) is 24.3 Å². The molecule has 0 bridgehead atoms. The Kier molecular flexibility index (Phi) is 5.57. The maximum atomic E-state index is 11.6. The van der Waals surface area contributed by atoms with Gasteiger partial charge in [-0.1, -0.05) is 0 Å². The van der Waals surface area contributed by atoms with Crippen LogP contribution < -0.4 is 21.3 Å². The average Bonchev–Trinajstić information content (AvgIpc) is 2.54. The van der Waals surface area contributed by atoms with Crippen molar-refractivity contribution in [3.8, 4) is 0 Å². The molecular formula is C15H22N4O2. The number of hydrogen-bond acceptors (Lipinski definition) is 4. The van der Waals surface area contributed by atoms with Gasteiger partial charge in [0.2, 0.25) is 11.8 Å². The van der Waals surface area contributed by atoms with Gasteiger partial charge in [-0.3, -0.25) is 9.59 Å². The van der Waals surface area contributed by atoms with E-state index in [9.17, 15) is 9.59 Å². The van der Waals surface area contributed by atoms with Gasteiger partial charge in [-0.15, -0.1) is 0 Å². The Hall–Kier alpha value is -2.08. The zero-order valence-corrected chi connectivity index (χ0v) is 12.1. The summed E-state index contributed by atoms with van der Waals surface area (Å²) in [6, 6.07) is 7.79. The van der Waals surface area contributed by atoms with Crippen LogP contribution in [0.25, 0.3) is 0 Å². The fourth-order valence-corrected chi connectivity index (χ4v) is 2.36. The lowest BCUT2D eigenvalue weighted by Crippen LogP contribution is -2.36. The molecule has 2 amide bonds. The molecule has 6 nitrogen and oxygen atoms in total. The third-order valence-electron chi connectivity index (χ3n) is 3.50. The SMILES string of the molecule is NCC(=O)NCC(=O)Nc1ccc(N2CCCCC2)cc1. The second-order valence-electron chi connectivity index (χ2n) is 5.12. The molecular weight excluding hydrogens is 268 g/mol. The number of carbonyl (C=O) groups excluding carboxylic acids is 2. The van der Waals surface area contributed by atoms with E-state index < -0.39 is 0 Å². The monoisotopic (exact) mass is 290 g/mol. The summed E-state index contributed by atoms with van der Waals surface area (Å²) >= 11 is 0. The lowest BCUT2D eigenvalue weighted by Gasteiger charge is -2.28. The number of hydrogen-bond donors (Lipinski definition) is 3. The smallest absolute Gasteiger partial charge is 0.243 e. The van der Waals surface area contributed by atoms with E-state index in [4.69, 9.17) is 5.73 Å². The molecule has 1 aromatic rings. The molecule has 1 fully saturated rings. The minimum atomic E-state index is -0.342. The Balaban J connectivity index is 1.84. The van der Waals surface area contributed by atoms with Crippen molar-refractivity contribution in [1.29, 1.82) is 0 Å². The molecule has 1 aromatic carbocycles.